The Balaban J connectivity index is 2.26. The normalized spacial score (nSPS) is 10.9. The van der Waals surface area contributed by atoms with E-state index in [0.717, 1.165) is 0 Å². The molecule has 20 heavy (non-hydrogen) atoms. The fraction of sp³-hybridized carbons (Fsp3) is 0.500. The Morgan fingerprint density at radius 2 is 2.05 bits per heavy atom. The van der Waals surface area contributed by atoms with Gasteiger partial charge in [0.2, 0.25) is 0 Å². The summed E-state index contributed by atoms with van der Waals surface area (Å²) in [5.74, 6) is 0.358. The zero-order valence-corrected chi connectivity index (χ0v) is 12.1. The van der Waals surface area contributed by atoms with E-state index in [2.05, 4.69) is 10.3 Å². The van der Waals surface area contributed by atoms with Gasteiger partial charge >= 0.3 is 6.09 Å². The lowest BCUT2D eigenvalue weighted by molar-refractivity contribution is 0.0525. The van der Waals surface area contributed by atoms with Crippen LogP contribution in [0.3, 0.4) is 0 Å². The molecule has 110 valence electrons. The second-order valence-electron chi connectivity index (χ2n) is 5.43. The van der Waals surface area contributed by atoms with Crippen molar-refractivity contribution in [3.63, 3.8) is 0 Å². The summed E-state index contributed by atoms with van der Waals surface area (Å²) >= 11 is 0. The van der Waals surface area contributed by atoms with E-state index in [1.54, 1.807) is 32.9 Å². The summed E-state index contributed by atoms with van der Waals surface area (Å²) in [7, 11) is 0. The molecule has 0 saturated heterocycles. The number of ketones is 1. The van der Waals surface area contributed by atoms with Crippen LogP contribution in [0.15, 0.2) is 18.3 Å². The Kier molecular flexibility index (Phi) is 5.49. The van der Waals surface area contributed by atoms with E-state index in [1.165, 1.54) is 6.20 Å². The summed E-state index contributed by atoms with van der Waals surface area (Å²) in [6.45, 7) is 5.78. The number of alkyl carbamates (subject to hydrolysis) is 1. The molecule has 0 aliphatic rings. The average Bonchev–Trinajstić information content (AvgIpc) is 2.33. The lowest BCUT2D eigenvalue weighted by Gasteiger charge is -2.19. The quantitative estimate of drug-likeness (QED) is 0.636. The highest BCUT2D eigenvalue weighted by atomic mass is 16.6. The first-order chi connectivity index (χ1) is 9.28. The number of carbonyl (C=O) groups is 2. The van der Waals surface area contributed by atoms with Gasteiger partial charge in [-0.05, 0) is 39.3 Å². The number of carbonyl (C=O) groups excluding carboxylic acids is 2. The van der Waals surface area contributed by atoms with Crippen molar-refractivity contribution >= 4 is 17.7 Å². The zero-order chi connectivity index (χ0) is 15.2. The van der Waals surface area contributed by atoms with Gasteiger partial charge in [-0.3, -0.25) is 4.79 Å². The van der Waals surface area contributed by atoms with Gasteiger partial charge in [-0.15, -0.1) is 0 Å². The number of Topliss-reactive ketones (excluding diaryl/α,β-unsaturated/α-hetero) is 1. The summed E-state index contributed by atoms with van der Waals surface area (Å²) in [6.07, 6.45) is 1.86. The van der Waals surface area contributed by atoms with E-state index in [1.807, 2.05) is 0 Å². The highest BCUT2D eigenvalue weighted by Gasteiger charge is 2.15. The SMILES string of the molecule is CC(C)(C)OC(=O)NCCCC(=O)c1ccc(N)nc1. The largest absolute Gasteiger partial charge is 0.444 e. The molecule has 6 heteroatoms. The van der Waals surface area contributed by atoms with Gasteiger partial charge in [-0.1, -0.05) is 0 Å². The van der Waals surface area contributed by atoms with Crippen LogP contribution in [0.25, 0.3) is 0 Å². The molecule has 0 radical (unpaired) electrons. The molecule has 1 heterocycles. The number of pyridine rings is 1. The fourth-order valence-electron chi connectivity index (χ4n) is 1.47. The number of nitrogens with one attached hydrogen (secondary N) is 1. The number of ether oxygens (including phenoxy) is 1. The van der Waals surface area contributed by atoms with Crippen LogP contribution in [-0.2, 0) is 4.74 Å². The third-order valence-electron chi connectivity index (χ3n) is 2.36. The summed E-state index contributed by atoms with van der Waals surface area (Å²) in [6, 6.07) is 3.23. The smallest absolute Gasteiger partial charge is 0.407 e. The molecule has 0 atom stereocenters. The molecule has 1 amide bonds. The van der Waals surface area contributed by atoms with Crippen LogP contribution in [0, 0.1) is 0 Å². The summed E-state index contributed by atoms with van der Waals surface area (Å²) in [5, 5.41) is 2.61. The van der Waals surface area contributed by atoms with Gasteiger partial charge < -0.3 is 15.8 Å². The molecule has 0 aliphatic carbocycles. The summed E-state index contributed by atoms with van der Waals surface area (Å²) in [5.41, 5.74) is 5.45. The van der Waals surface area contributed by atoms with Crippen molar-refractivity contribution in [1.82, 2.24) is 10.3 Å². The molecular weight excluding hydrogens is 258 g/mol. The standard InChI is InChI=1S/C14H21N3O3/c1-14(2,3)20-13(19)16-8-4-5-11(18)10-6-7-12(15)17-9-10/h6-7,9H,4-5,8H2,1-3H3,(H2,15,17)(H,16,19). The molecule has 0 aliphatic heterocycles. The van der Waals surface area contributed by atoms with Crippen LogP contribution in [0.5, 0.6) is 0 Å². The Hall–Kier alpha value is -2.11. The number of aromatic nitrogens is 1. The van der Waals surface area contributed by atoms with Crippen LogP contribution >= 0.6 is 0 Å². The van der Waals surface area contributed by atoms with Crippen molar-refractivity contribution in [2.75, 3.05) is 12.3 Å². The molecule has 0 saturated carbocycles. The van der Waals surface area contributed by atoms with Crippen molar-refractivity contribution in [3.05, 3.63) is 23.9 Å². The van der Waals surface area contributed by atoms with Crippen LogP contribution < -0.4 is 11.1 Å². The first-order valence-corrected chi connectivity index (χ1v) is 6.49. The van der Waals surface area contributed by atoms with Crippen molar-refractivity contribution in [2.24, 2.45) is 0 Å². The van der Waals surface area contributed by atoms with Crippen LogP contribution in [-0.4, -0.2) is 29.0 Å². The van der Waals surface area contributed by atoms with Gasteiger partial charge in [0.25, 0.3) is 0 Å². The number of amides is 1. The molecule has 3 N–H and O–H groups in total. The van der Waals surface area contributed by atoms with E-state index < -0.39 is 11.7 Å². The van der Waals surface area contributed by atoms with Crippen molar-refractivity contribution in [2.45, 2.75) is 39.2 Å². The third kappa shape index (κ3) is 6.17. The molecule has 0 bridgehead atoms. The van der Waals surface area contributed by atoms with Gasteiger partial charge in [-0.2, -0.15) is 0 Å². The average molecular weight is 279 g/mol. The second kappa shape index (κ2) is 6.88. The highest BCUT2D eigenvalue weighted by Crippen LogP contribution is 2.07. The lowest BCUT2D eigenvalue weighted by atomic mass is 10.1. The maximum atomic E-state index is 11.8. The first kappa shape index (κ1) is 15.9. The summed E-state index contributed by atoms with van der Waals surface area (Å²) in [4.78, 5) is 27.0. The lowest BCUT2D eigenvalue weighted by Crippen LogP contribution is -2.33. The number of anilines is 1. The fourth-order valence-corrected chi connectivity index (χ4v) is 1.47. The maximum Gasteiger partial charge on any atom is 0.407 e. The molecule has 0 spiro atoms. The maximum absolute atomic E-state index is 11.8. The summed E-state index contributed by atoms with van der Waals surface area (Å²) < 4.78 is 5.08. The van der Waals surface area contributed by atoms with Crippen LogP contribution in [0.2, 0.25) is 0 Å². The molecule has 0 aromatic carbocycles. The van der Waals surface area contributed by atoms with Gasteiger partial charge in [-0.25, -0.2) is 9.78 Å². The number of hydrogen-bond acceptors (Lipinski definition) is 5. The molecule has 0 fully saturated rings. The minimum absolute atomic E-state index is 0.0245. The molecule has 1 aromatic heterocycles. The predicted molar refractivity (Wildman–Crippen MR) is 76.5 cm³/mol. The second-order valence-corrected chi connectivity index (χ2v) is 5.43. The molecule has 1 aromatic rings. The van der Waals surface area contributed by atoms with Crippen LogP contribution in [0.4, 0.5) is 10.6 Å². The topological polar surface area (TPSA) is 94.3 Å². The Morgan fingerprint density at radius 1 is 1.35 bits per heavy atom. The third-order valence-corrected chi connectivity index (χ3v) is 2.36. The molecule has 6 nitrogen and oxygen atoms in total. The number of nitrogens with two attached hydrogens (primary N) is 1. The Labute approximate surface area is 118 Å². The van der Waals surface area contributed by atoms with Gasteiger partial charge in [0.15, 0.2) is 5.78 Å². The number of nitrogen functional groups attached to an aromatic ring is 1. The monoisotopic (exact) mass is 279 g/mol. The Morgan fingerprint density at radius 3 is 2.60 bits per heavy atom. The van der Waals surface area contributed by atoms with E-state index in [-0.39, 0.29) is 5.78 Å². The molecule has 1 rings (SSSR count). The minimum Gasteiger partial charge on any atom is -0.444 e. The number of rotatable bonds is 5. The van der Waals surface area contributed by atoms with E-state index in [4.69, 9.17) is 10.5 Å². The van der Waals surface area contributed by atoms with E-state index in [9.17, 15) is 9.59 Å². The Bertz CT molecular complexity index is 464. The van der Waals surface area contributed by atoms with Gasteiger partial charge in [0, 0.05) is 24.7 Å². The van der Waals surface area contributed by atoms with Crippen molar-refractivity contribution in [3.8, 4) is 0 Å². The van der Waals surface area contributed by atoms with Crippen molar-refractivity contribution < 1.29 is 14.3 Å². The predicted octanol–water partition coefficient (Wildman–Crippen LogP) is 2.15. The van der Waals surface area contributed by atoms with Crippen molar-refractivity contribution in [1.29, 1.82) is 0 Å². The minimum atomic E-state index is -0.518. The number of nitrogens with zero attached hydrogens (tertiary/aromatic N) is 1. The molecule has 0 unspecified atom stereocenters. The highest BCUT2D eigenvalue weighted by molar-refractivity contribution is 5.95. The zero-order valence-electron chi connectivity index (χ0n) is 12.1. The van der Waals surface area contributed by atoms with Gasteiger partial charge in [0.05, 0.1) is 0 Å². The first-order valence-electron chi connectivity index (χ1n) is 6.49. The van der Waals surface area contributed by atoms with Gasteiger partial charge in [0.1, 0.15) is 11.4 Å². The molecular formula is C14H21N3O3. The van der Waals surface area contributed by atoms with E-state index in [0.29, 0.717) is 30.8 Å². The number of hydrogen-bond donors (Lipinski definition) is 2. The van der Waals surface area contributed by atoms with E-state index >= 15 is 0 Å². The van der Waals surface area contributed by atoms with Crippen LogP contribution in [0.1, 0.15) is 44.0 Å².